The first-order valence-electron chi connectivity index (χ1n) is 6.36. The summed E-state index contributed by atoms with van der Waals surface area (Å²) in [6.45, 7) is 11.3. The Bertz CT molecular complexity index is 383. The Morgan fingerprint density at radius 3 is 2.75 bits per heavy atom. The van der Waals surface area contributed by atoms with E-state index in [2.05, 4.69) is 51.2 Å². The molecule has 1 heteroatoms. The molecule has 2 unspecified atom stereocenters. The van der Waals surface area contributed by atoms with E-state index in [1.807, 2.05) is 0 Å². The van der Waals surface area contributed by atoms with Crippen molar-refractivity contribution in [3.63, 3.8) is 0 Å². The van der Waals surface area contributed by atoms with Gasteiger partial charge in [0, 0.05) is 0 Å². The molecule has 1 aliphatic rings. The summed E-state index contributed by atoms with van der Waals surface area (Å²) in [5.41, 5.74) is 4.82. The highest BCUT2D eigenvalue weighted by molar-refractivity contribution is 5.40. The van der Waals surface area contributed by atoms with Crippen molar-refractivity contribution >= 4 is 0 Å². The predicted molar refractivity (Wildman–Crippen MR) is 69.9 cm³/mol. The van der Waals surface area contributed by atoms with Gasteiger partial charge in [-0.1, -0.05) is 37.6 Å². The van der Waals surface area contributed by atoms with Crippen molar-refractivity contribution in [2.75, 3.05) is 13.1 Å². The summed E-state index contributed by atoms with van der Waals surface area (Å²) in [6.07, 6.45) is 1.34. The van der Waals surface area contributed by atoms with E-state index in [1.165, 1.54) is 24.1 Å². The number of nitrogens with one attached hydrogen (secondary N) is 1. The molecule has 0 aromatic heterocycles. The monoisotopic (exact) mass is 217 g/mol. The molecule has 1 aromatic rings. The molecule has 1 nitrogen and oxygen atoms in total. The van der Waals surface area contributed by atoms with E-state index >= 15 is 0 Å². The lowest BCUT2D eigenvalue weighted by Crippen LogP contribution is -2.20. The third-order valence-corrected chi connectivity index (χ3v) is 4.05. The van der Waals surface area contributed by atoms with Gasteiger partial charge in [-0.3, -0.25) is 0 Å². The molecular weight excluding hydrogens is 194 g/mol. The summed E-state index contributed by atoms with van der Waals surface area (Å²) in [7, 11) is 0. The first kappa shape index (κ1) is 11.7. The van der Waals surface area contributed by atoms with E-state index in [1.54, 1.807) is 5.56 Å². The fourth-order valence-corrected chi connectivity index (χ4v) is 2.85. The molecule has 2 rings (SSSR count). The van der Waals surface area contributed by atoms with Crippen LogP contribution in [0, 0.1) is 19.8 Å². The summed E-state index contributed by atoms with van der Waals surface area (Å²) in [4.78, 5) is 0. The second kappa shape index (κ2) is 4.21. The SMILES string of the molecule is CCNCC1CC1(C)c1ccc(C)cc1C. The van der Waals surface area contributed by atoms with Crippen molar-refractivity contribution in [3.8, 4) is 0 Å². The van der Waals surface area contributed by atoms with Gasteiger partial charge in [0.2, 0.25) is 0 Å². The fourth-order valence-electron chi connectivity index (χ4n) is 2.85. The lowest BCUT2D eigenvalue weighted by molar-refractivity contribution is 0.590. The molecule has 0 aliphatic heterocycles. The third kappa shape index (κ3) is 2.01. The highest BCUT2D eigenvalue weighted by Gasteiger charge is 2.50. The Morgan fingerprint density at radius 1 is 1.38 bits per heavy atom. The van der Waals surface area contributed by atoms with Crippen LogP contribution >= 0.6 is 0 Å². The normalized spacial score (nSPS) is 28.1. The topological polar surface area (TPSA) is 12.0 Å². The molecule has 0 heterocycles. The van der Waals surface area contributed by atoms with Gasteiger partial charge in [-0.05, 0) is 55.8 Å². The van der Waals surface area contributed by atoms with Gasteiger partial charge in [0.25, 0.3) is 0 Å². The zero-order chi connectivity index (χ0) is 11.8. The third-order valence-electron chi connectivity index (χ3n) is 4.05. The van der Waals surface area contributed by atoms with Gasteiger partial charge in [0.1, 0.15) is 0 Å². The first-order chi connectivity index (χ1) is 7.58. The molecule has 1 aliphatic carbocycles. The van der Waals surface area contributed by atoms with E-state index in [4.69, 9.17) is 0 Å². The molecule has 1 saturated carbocycles. The highest BCUT2D eigenvalue weighted by atomic mass is 14.9. The van der Waals surface area contributed by atoms with Crippen LogP contribution in [0.2, 0.25) is 0 Å². The molecule has 88 valence electrons. The summed E-state index contributed by atoms with van der Waals surface area (Å²) in [5, 5.41) is 3.47. The number of rotatable bonds is 4. The Labute approximate surface area is 99.3 Å². The van der Waals surface area contributed by atoms with Crippen LogP contribution in [0.4, 0.5) is 0 Å². The molecule has 0 radical (unpaired) electrons. The van der Waals surface area contributed by atoms with Gasteiger partial charge < -0.3 is 5.32 Å². The molecular formula is C15H23N. The number of benzene rings is 1. The lowest BCUT2D eigenvalue weighted by Gasteiger charge is -2.16. The van der Waals surface area contributed by atoms with Gasteiger partial charge in [-0.2, -0.15) is 0 Å². The Balaban J connectivity index is 2.13. The lowest BCUT2D eigenvalue weighted by atomic mass is 9.90. The first-order valence-corrected chi connectivity index (χ1v) is 6.36. The minimum Gasteiger partial charge on any atom is -0.317 e. The molecule has 0 spiro atoms. The van der Waals surface area contributed by atoms with Gasteiger partial charge in [-0.25, -0.2) is 0 Å². The van der Waals surface area contributed by atoms with E-state index in [0.29, 0.717) is 5.41 Å². The van der Waals surface area contributed by atoms with E-state index in [9.17, 15) is 0 Å². The van der Waals surface area contributed by atoms with Crippen molar-refractivity contribution < 1.29 is 0 Å². The highest BCUT2D eigenvalue weighted by Crippen LogP contribution is 2.54. The van der Waals surface area contributed by atoms with Crippen LogP contribution in [0.1, 0.15) is 37.0 Å². The Morgan fingerprint density at radius 2 is 2.12 bits per heavy atom. The van der Waals surface area contributed by atoms with Crippen molar-refractivity contribution in [3.05, 3.63) is 34.9 Å². The van der Waals surface area contributed by atoms with Crippen molar-refractivity contribution in [1.82, 2.24) is 5.32 Å². The molecule has 0 amide bonds. The van der Waals surface area contributed by atoms with Gasteiger partial charge in [-0.15, -0.1) is 0 Å². The minimum absolute atomic E-state index is 0.431. The van der Waals surface area contributed by atoms with Crippen molar-refractivity contribution in [2.45, 2.75) is 39.5 Å². The Kier molecular flexibility index (Phi) is 3.07. The van der Waals surface area contributed by atoms with E-state index < -0.39 is 0 Å². The Hall–Kier alpha value is -0.820. The van der Waals surface area contributed by atoms with Crippen LogP contribution < -0.4 is 5.32 Å². The van der Waals surface area contributed by atoms with Crippen LogP contribution in [-0.2, 0) is 5.41 Å². The van der Waals surface area contributed by atoms with Crippen LogP contribution in [0.25, 0.3) is 0 Å². The zero-order valence-corrected chi connectivity index (χ0v) is 10.9. The standard InChI is InChI=1S/C15H23N/c1-5-16-10-13-9-15(13,4)14-7-6-11(2)8-12(14)3/h6-8,13,16H,5,9-10H2,1-4H3. The minimum atomic E-state index is 0.431. The maximum atomic E-state index is 3.47. The van der Waals surface area contributed by atoms with Crippen LogP contribution in [-0.4, -0.2) is 13.1 Å². The van der Waals surface area contributed by atoms with E-state index in [-0.39, 0.29) is 0 Å². The molecule has 1 N–H and O–H groups in total. The molecule has 0 saturated heterocycles. The summed E-state index contributed by atoms with van der Waals surface area (Å²) < 4.78 is 0. The molecule has 16 heavy (non-hydrogen) atoms. The number of hydrogen-bond donors (Lipinski definition) is 1. The summed E-state index contributed by atoms with van der Waals surface area (Å²) in [6, 6.07) is 6.88. The second-order valence-corrected chi connectivity index (χ2v) is 5.44. The predicted octanol–water partition coefficient (Wildman–Crippen LogP) is 3.19. The van der Waals surface area contributed by atoms with Gasteiger partial charge in [0.15, 0.2) is 0 Å². The maximum Gasteiger partial charge on any atom is -0.00119 e. The van der Waals surface area contributed by atoms with Crippen molar-refractivity contribution in [1.29, 1.82) is 0 Å². The smallest absolute Gasteiger partial charge is 0.00119 e. The van der Waals surface area contributed by atoms with Crippen molar-refractivity contribution in [2.24, 2.45) is 5.92 Å². The second-order valence-electron chi connectivity index (χ2n) is 5.44. The molecule has 0 bridgehead atoms. The number of hydrogen-bond acceptors (Lipinski definition) is 1. The van der Waals surface area contributed by atoms with E-state index in [0.717, 1.165) is 12.5 Å². The number of aryl methyl sites for hydroxylation is 2. The maximum absolute atomic E-state index is 3.47. The quantitative estimate of drug-likeness (QED) is 0.816. The molecule has 1 aromatic carbocycles. The van der Waals surface area contributed by atoms with Gasteiger partial charge in [0.05, 0.1) is 0 Å². The zero-order valence-electron chi connectivity index (χ0n) is 10.9. The summed E-state index contributed by atoms with van der Waals surface area (Å²) in [5.74, 6) is 0.828. The summed E-state index contributed by atoms with van der Waals surface area (Å²) >= 11 is 0. The molecule has 1 fully saturated rings. The average molecular weight is 217 g/mol. The molecule has 2 atom stereocenters. The largest absolute Gasteiger partial charge is 0.317 e. The van der Waals surface area contributed by atoms with Crippen LogP contribution in [0.15, 0.2) is 18.2 Å². The van der Waals surface area contributed by atoms with Gasteiger partial charge >= 0.3 is 0 Å². The van der Waals surface area contributed by atoms with Crippen LogP contribution in [0.5, 0.6) is 0 Å². The fraction of sp³-hybridized carbons (Fsp3) is 0.600. The average Bonchev–Trinajstić information content (AvgIpc) is 2.87. The van der Waals surface area contributed by atoms with Crippen LogP contribution in [0.3, 0.4) is 0 Å².